The molecule has 2 rings (SSSR count). The van der Waals surface area contributed by atoms with E-state index in [0.717, 1.165) is 0 Å². The van der Waals surface area contributed by atoms with Crippen molar-refractivity contribution in [1.29, 1.82) is 0 Å². The molecule has 0 saturated heterocycles. The molecule has 1 aromatic heterocycles. The highest BCUT2D eigenvalue weighted by Crippen LogP contribution is 2.28. The van der Waals surface area contributed by atoms with Gasteiger partial charge in [0.05, 0.1) is 29.0 Å². The van der Waals surface area contributed by atoms with E-state index in [1.165, 1.54) is 23.9 Å². The predicted molar refractivity (Wildman–Crippen MR) is 86.0 cm³/mol. The summed E-state index contributed by atoms with van der Waals surface area (Å²) in [5, 5.41) is 7.12. The number of hydrogen-bond acceptors (Lipinski definition) is 4. The van der Waals surface area contributed by atoms with E-state index >= 15 is 0 Å². The smallest absolute Gasteiger partial charge is 0.274 e. The lowest BCUT2D eigenvalue weighted by atomic mass is 10.1. The standard InChI is InChI=1S/C15H18ClFN4O2/c1-9(22)19-15(2,3)8-21-7-12(17)14(20-21)23-10-4-5-13(18)11(16)6-10/h4-7H,8,18H2,1-3H3,(H,19,22). The van der Waals surface area contributed by atoms with Gasteiger partial charge in [0.15, 0.2) is 0 Å². The van der Waals surface area contributed by atoms with Crippen LogP contribution in [-0.2, 0) is 11.3 Å². The van der Waals surface area contributed by atoms with Crippen LogP contribution in [0.3, 0.4) is 0 Å². The molecule has 8 heteroatoms. The summed E-state index contributed by atoms with van der Waals surface area (Å²) in [5.41, 5.74) is 5.44. The molecule has 3 N–H and O–H groups in total. The van der Waals surface area contributed by atoms with E-state index in [9.17, 15) is 9.18 Å². The average Bonchev–Trinajstić information content (AvgIpc) is 2.71. The van der Waals surface area contributed by atoms with E-state index in [2.05, 4.69) is 10.4 Å². The van der Waals surface area contributed by atoms with E-state index in [-0.39, 0.29) is 18.3 Å². The first kappa shape index (κ1) is 17.1. The molecule has 2 aromatic rings. The molecule has 0 spiro atoms. The molecule has 0 aliphatic carbocycles. The van der Waals surface area contributed by atoms with Gasteiger partial charge in [-0.05, 0) is 26.0 Å². The third-order valence-corrected chi connectivity index (χ3v) is 3.27. The molecular formula is C15H18ClFN4O2. The van der Waals surface area contributed by atoms with Crippen LogP contribution in [0.25, 0.3) is 0 Å². The summed E-state index contributed by atoms with van der Waals surface area (Å²) < 4.78 is 20.7. The summed E-state index contributed by atoms with van der Waals surface area (Å²) in [6, 6.07) is 4.62. The molecule has 0 radical (unpaired) electrons. The minimum atomic E-state index is -0.614. The van der Waals surface area contributed by atoms with Crippen LogP contribution in [0.1, 0.15) is 20.8 Å². The van der Waals surface area contributed by atoms with Gasteiger partial charge in [0.1, 0.15) is 5.75 Å². The molecule has 0 unspecified atom stereocenters. The average molecular weight is 341 g/mol. The number of ether oxygens (including phenoxy) is 1. The third-order valence-electron chi connectivity index (χ3n) is 2.94. The van der Waals surface area contributed by atoms with Gasteiger partial charge in [-0.25, -0.2) is 0 Å². The number of aromatic nitrogens is 2. The Kier molecular flexibility index (Phi) is 4.79. The number of nitrogens with zero attached hydrogens (tertiary/aromatic N) is 2. The van der Waals surface area contributed by atoms with Gasteiger partial charge >= 0.3 is 0 Å². The quantitative estimate of drug-likeness (QED) is 0.820. The SMILES string of the molecule is CC(=O)NC(C)(C)Cn1cc(F)c(Oc2ccc(N)c(Cl)c2)n1. The Morgan fingerprint density at radius 2 is 2.22 bits per heavy atom. The van der Waals surface area contributed by atoms with Gasteiger partial charge in [0.2, 0.25) is 11.7 Å². The Bertz CT molecular complexity index is 730. The maximum absolute atomic E-state index is 14.0. The van der Waals surface area contributed by atoms with Crippen molar-refractivity contribution in [3.63, 3.8) is 0 Å². The number of hydrogen-bond donors (Lipinski definition) is 2. The summed E-state index contributed by atoms with van der Waals surface area (Å²) >= 11 is 5.90. The molecule has 1 aromatic carbocycles. The van der Waals surface area contributed by atoms with Crippen molar-refractivity contribution in [1.82, 2.24) is 15.1 Å². The fourth-order valence-corrected chi connectivity index (χ4v) is 2.30. The number of nitrogen functional groups attached to an aromatic ring is 1. The number of anilines is 1. The number of benzene rings is 1. The lowest BCUT2D eigenvalue weighted by Gasteiger charge is -2.25. The lowest BCUT2D eigenvalue weighted by molar-refractivity contribution is -0.120. The molecule has 1 heterocycles. The summed E-state index contributed by atoms with van der Waals surface area (Å²) in [5.74, 6) is -0.633. The summed E-state index contributed by atoms with van der Waals surface area (Å²) in [6.45, 7) is 5.34. The number of nitrogens with two attached hydrogens (primary N) is 1. The molecule has 1 amide bonds. The van der Waals surface area contributed by atoms with E-state index in [1.54, 1.807) is 12.1 Å². The summed E-state index contributed by atoms with van der Waals surface area (Å²) in [6.07, 6.45) is 1.21. The van der Waals surface area contributed by atoms with Gasteiger partial charge < -0.3 is 15.8 Å². The van der Waals surface area contributed by atoms with Gasteiger partial charge in [-0.2, -0.15) is 4.39 Å². The first-order valence-corrected chi connectivity index (χ1v) is 7.29. The number of carbonyl (C=O) groups is 1. The highest BCUT2D eigenvalue weighted by molar-refractivity contribution is 6.33. The van der Waals surface area contributed by atoms with Crippen molar-refractivity contribution in [3.8, 4) is 11.6 Å². The van der Waals surface area contributed by atoms with E-state index in [1.807, 2.05) is 13.8 Å². The lowest BCUT2D eigenvalue weighted by Crippen LogP contribution is -2.45. The van der Waals surface area contributed by atoms with Crippen LogP contribution in [-0.4, -0.2) is 21.2 Å². The first-order valence-electron chi connectivity index (χ1n) is 6.91. The number of carbonyl (C=O) groups excluding carboxylic acids is 1. The van der Waals surface area contributed by atoms with Crippen molar-refractivity contribution >= 4 is 23.2 Å². The second kappa shape index (κ2) is 6.45. The second-order valence-corrected chi connectivity index (χ2v) is 6.24. The third kappa shape index (κ3) is 4.59. The molecule has 0 aliphatic heterocycles. The fourth-order valence-electron chi connectivity index (χ4n) is 2.13. The van der Waals surface area contributed by atoms with Gasteiger partial charge in [0, 0.05) is 13.0 Å². The summed E-state index contributed by atoms with van der Waals surface area (Å²) in [4.78, 5) is 11.2. The molecule has 0 fully saturated rings. The van der Waals surface area contributed by atoms with Crippen molar-refractivity contribution in [3.05, 3.63) is 35.2 Å². The van der Waals surface area contributed by atoms with Gasteiger partial charge in [-0.1, -0.05) is 11.6 Å². The molecule has 0 aliphatic rings. The highest BCUT2D eigenvalue weighted by atomic mass is 35.5. The molecule has 0 atom stereocenters. The van der Waals surface area contributed by atoms with Crippen molar-refractivity contribution in [2.45, 2.75) is 32.9 Å². The van der Waals surface area contributed by atoms with Gasteiger partial charge in [0.25, 0.3) is 5.88 Å². The Morgan fingerprint density at radius 1 is 1.52 bits per heavy atom. The van der Waals surface area contributed by atoms with E-state index in [0.29, 0.717) is 16.5 Å². The van der Waals surface area contributed by atoms with Crippen molar-refractivity contribution in [2.24, 2.45) is 0 Å². The zero-order chi connectivity index (χ0) is 17.2. The molecule has 23 heavy (non-hydrogen) atoms. The molecule has 6 nitrogen and oxygen atoms in total. The van der Waals surface area contributed by atoms with Gasteiger partial charge in [-0.3, -0.25) is 9.48 Å². The fraction of sp³-hybridized carbons (Fsp3) is 0.333. The number of rotatable bonds is 5. The normalized spacial score (nSPS) is 11.3. The van der Waals surface area contributed by atoms with E-state index < -0.39 is 11.4 Å². The summed E-state index contributed by atoms with van der Waals surface area (Å²) in [7, 11) is 0. The maximum Gasteiger partial charge on any atom is 0.274 e. The topological polar surface area (TPSA) is 82.2 Å². The van der Waals surface area contributed by atoms with Crippen LogP contribution in [0.2, 0.25) is 5.02 Å². The monoisotopic (exact) mass is 340 g/mol. The second-order valence-electron chi connectivity index (χ2n) is 5.83. The van der Waals surface area contributed by atoms with Crippen LogP contribution in [0.15, 0.2) is 24.4 Å². The van der Waals surface area contributed by atoms with Crippen LogP contribution in [0.4, 0.5) is 10.1 Å². The number of nitrogens with one attached hydrogen (secondary N) is 1. The molecule has 124 valence electrons. The van der Waals surface area contributed by atoms with Crippen LogP contribution < -0.4 is 15.8 Å². The molecule has 0 saturated carbocycles. The van der Waals surface area contributed by atoms with Crippen molar-refractivity contribution < 1.29 is 13.9 Å². The number of halogens is 2. The Hall–Kier alpha value is -2.28. The Labute approximate surface area is 138 Å². The first-order chi connectivity index (χ1) is 10.7. The van der Waals surface area contributed by atoms with Crippen molar-refractivity contribution in [2.75, 3.05) is 5.73 Å². The van der Waals surface area contributed by atoms with Crippen LogP contribution >= 0.6 is 11.6 Å². The zero-order valence-electron chi connectivity index (χ0n) is 13.1. The van der Waals surface area contributed by atoms with Crippen LogP contribution in [0.5, 0.6) is 11.6 Å². The maximum atomic E-state index is 14.0. The molecule has 0 bridgehead atoms. The minimum absolute atomic E-state index is 0.171. The zero-order valence-corrected chi connectivity index (χ0v) is 13.8. The van der Waals surface area contributed by atoms with Crippen LogP contribution in [0, 0.1) is 5.82 Å². The predicted octanol–water partition coefficient (Wildman–Crippen LogP) is 2.96. The number of amides is 1. The minimum Gasteiger partial charge on any atom is -0.435 e. The van der Waals surface area contributed by atoms with E-state index in [4.69, 9.17) is 22.1 Å². The highest BCUT2D eigenvalue weighted by Gasteiger charge is 2.22. The largest absolute Gasteiger partial charge is 0.435 e. The molecular weight excluding hydrogens is 323 g/mol. The van der Waals surface area contributed by atoms with Gasteiger partial charge in [-0.15, -0.1) is 5.10 Å². The Morgan fingerprint density at radius 3 is 2.83 bits per heavy atom. The Balaban J connectivity index is 2.14.